The molecule has 1 rings (SSSR count). The zero-order chi connectivity index (χ0) is 5.28. The summed E-state index contributed by atoms with van der Waals surface area (Å²) >= 11 is 0. The van der Waals surface area contributed by atoms with Crippen LogP contribution in [-0.4, -0.2) is 10.8 Å². The van der Waals surface area contributed by atoms with Crippen LogP contribution in [0, 0.1) is 5.21 Å². The number of carbonyl (C=O) groups is 1. The third-order valence-electron chi connectivity index (χ3n) is 0.542. The highest BCUT2D eigenvalue weighted by Gasteiger charge is 2.05. The molecule has 0 aromatic heterocycles. The molecular weight excluding hydrogens is 96.0 g/mol. The lowest BCUT2D eigenvalue weighted by Gasteiger charge is -1.78. The van der Waals surface area contributed by atoms with E-state index in [0.29, 0.717) is 0 Å². The summed E-state index contributed by atoms with van der Waals surface area (Å²) in [6, 6.07) is 0. The van der Waals surface area contributed by atoms with Gasteiger partial charge in [-0.05, 0) is 0 Å². The lowest BCUT2D eigenvalue weighted by Crippen LogP contribution is -1.83. The van der Waals surface area contributed by atoms with Gasteiger partial charge in [-0.3, -0.25) is 4.79 Å². The molecule has 0 spiro atoms. The highest BCUT2D eigenvalue weighted by atomic mass is 16.5. The van der Waals surface area contributed by atoms with Crippen LogP contribution in [0.25, 0.3) is 0 Å². The van der Waals surface area contributed by atoms with Gasteiger partial charge in [-0.25, -0.2) is 0 Å². The number of azo groups is 1. The minimum Gasteiger partial charge on any atom is -0.594 e. The first-order chi connectivity index (χ1) is 3.29. The number of hydrogen-bond acceptors (Lipinski definition) is 2. The van der Waals surface area contributed by atoms with Crippen molar-refractivity contribution in [2.75, 3.05) is 0 Å². The summed E-state index contributed by atoms with van der Waals surface area (Å²) in [5.41, 5.74) is 0. The number of amides is 1. The summed E-state index contributed by atoms with van der Waals surface area (Å²) in [6.45, 7) is 0. The van der Waals surface area contributed by atoms with E-state index in [1.807, 2.05) is 0 Å². The van der Waals surface area contributed by atoms with E-state index in [1.165, 1.54) is 0 Å². The SMILES string of the molecule is O=C1C=C[N+]([O-])=N1. The molecule has 0 saturated carbocycles. The highest BCUT2D eigenvalue weighted by molar-refractivity contribution is 5.87. The fourth-order valence-electron chi connectivity index (χ4n) is 0.291. The van der Waals surface area contributed by atoms with Crippen molar-refractivity contribution in [3.63, 3.8) is 0 Å². The molecule has 0 aliphatic carbocycles. The Bertz CT molecular complexity index is 158. The summed E-state index contributed by atoms with van der Waals surface area (Å²) in [5, 5.41) is 12.8. The standard InChI is InChI=1S/C3H2N2O2/c6-3-1-2-5(7)4-3/h1-2H. The summed E-state index contributed by atoms with van der Waals surface area (Å²) < 4.78 is 0. The molecule has 4 nitrogen and oxygen atoms in total. The van der Waals surface area contributed by atoms with Gasteiger partial charge in [0.15, 0.2) is 0 Å². The van der Waals surface area contributed by atoms with Crippen molar-refractivity contribution in [3.8, 4) is 0 Å². The molecule has 7 heavy (non-hydrogen) atoms. The third-order valence-corrected chi connectivity index (χ3v) is 0.542. The molecule has 0 aromatic rings. The highest BCUT2D eigenvalue weighted by Crippen LogP contribution is 1.90. The van der Waals surface area contributed by atoms with Gasteiger partial charge in [-0.2, -0.15) is 0 Å². The average molecular weight is 98.1 g/mol. The molecule has 0 atom stereocenters. The Morgan fingerprint density at radius 2 is 2.57 bits per heavy atom. The summed E-state index contributed by atoms with van der Waals surface area (Å²) in [4.78, 5) is 10.2. The minimum atomic E-state index is -0.491. The predicted octanol–water partition coefficient (Wildman–Crippen LogP) is 0.00280. The second-order valence-corrected chi connectivity index (χ2v) is 1.06. The van der Waals surface area contributed by atoms with Gasteiger partial charge in [0.1, 0.15) is 0 Å². The summed E-state index contributed by atoms with van der Waals surface area (Å²) in [7, 11) is 0. The van der Waals surface area contributed by atoms with E-state index in [2.05, 4.69) is 5.11 Å². The van der Waals surface area contributed by atoms with E-state index < -0.39 is 5.91 Å². The van der Waals surface area contributed by atoms with Gasteiger partial charge in [0.2, 0.25) is 6.20 Å². The number of carbonyl (C=O) groups excluding carboxylic acids is 1. The Kier molecular flexibility index (Phi) is 0.651. The van der Waals surface area contributed by atoms with Crippen LogP contribution < -0.4 is 0 Å². The van der Waals surface area contributed by atoms with E-state index in [0.717, 1.165) is 12.3 Å². The zero-order valence-corrected chi connectivity index (χ0v) is 3.37. The monoisotopic (exact) mass is 98.0 g/mol. The first-order valence-electron chi connectivity index (χ1n) is 1.69. The van der Waals surface area contributed by atoms with Crippen molar-refractivity contribution in [1.29, 1.82) is 0 Å². The van der Waals surface area contributed by atoms with Gasteiger partial charge in [-0.1, -0.05) is 4.86 Å². The van der Waals surface area contributed by atoms with E-state index in [1.54, 1.807) is 0 Å². The third kappa shape index (κ3) is 0.623. The molecule has 0 aromatic carbocycles. The fraction of sp³-hybridized carbons (Fsp3) is 0. The van der Waals surface area contributed by atoms with Crippen molar-refractivity contribution in [2.45, 2.75) is 0 Å². The van der Waals surface area contributed by atoms with Crippen LogP contribution in [0.2, 0.25) is 0 Å². The van der Waals surface area contributed by atoms with Crippen molar-refractivity contribution in [3.05, 3.63) is 17.5 Å². The maximum atomic E-state index is 9.96. The van der Waals surface area contributed by atoms with E-state index in [4.69, 9.17) is 0 Å². The van der Waals surface area contributed by atoms with Gasteiger partial charge in [0.05, 0.1) is 11.2 Å². The Balaban J connectivity index is 2.88. The van der Waals surface area contributed by atoms with Gasteiger partial charge >= 0.3 is 5.91 Å². The number of nitrogens with zero attached hydrogens (tertiary/aromatic N) is 2. The fourth-order valence-corrected chi connectivity index (χ4v) is 0.291. The molecule has 0 fully saturated rings. The Hall–Kier alpha value is -1.19. The quantitative estimate of drug-likeness (QED) is 0.316. The lowest BCUT2D eigenvalue weighted by molar-refractivity contribution is -0.447. The smallest absolute Gasteiger partial charge is 0.339 e. The minimum absolute atomic E-state index is 0.225. The first kappa shape index (κ1) is 3.98. The molecule has 0 bridgehead atoms. The van der Waals surface area contributed by atoms with E-state index >= 15 is 0 Å². The molecule has 0 radical (unpaired) electrons. The first-order valence-corrected chi connectivity index (χ1v) is 1.69. The molecule has 4 heteroatoms. The number of rotatable bonds is 0. The van der Waals surface area contributed by atoms with Crippen LogP contribution in [0.4, 0.5) is 0 Å². The molecular formula is C3H2N2O2. The van der Waals surface area contributed by atoms with Crippen LogP contribution in [0.3, 0.4) is 0 Å². The Morgan fingerprint density at radius 3 is 2.71 bits per heavy atom. The average Bonchev–Trinajstić information content (AvgIpc) is 1.87. The number of hydroxylamine groups is 1. The van der Waals surface area contributed by atoms with Crippen LogP contribution >= 0.6 is 0 Å². The molecule has 36 valence electrons. The van der Waals surface area contributed by atoms with E-state index in [9.17, 15) is 10.0 Å². The van der Waals surface area contributed by atoms with Crippen LogP contribution in [0.15, 0.2) is 17.4 Å². The maximum absolute atomic E-state index is 9.96. The van der Waals surface area contributed by atoms with Crippen molar-refractivity contribution in [1.82, 2.24) is 0 Å². The normalized spacial score (nSPS) is 17.7. The van der Waals surface area contributed by atoms with Crippen LogP contribution in [-0.2, 0) is 4.79 Å². The van der Waals surface area contributed by atoms with E-state index in [-0.39, 0.29) is 4.86 Å². The predicted molar refractivity (Wildman–Crippen MR) is 20.2 cm³/mol. The Labute approximate surface area is 39.3 Å². The zero-order valence-electron chi connectivity index (χ0n) is 3.37. The van der Waals surface area contributed by atoms with Crippen LogP contribution in [0.5, 0.6) is 0 Å². The van der Waals surface area contributed by atoms with Crippen LogP contribution in [0.1, 0.15) is 0 Å². The Morgan fingerprint density at radius 1 is 1.86 bits per heavy atom. The molecule has 0 saturated heterocycles. The molecule has 1 aliphatic heterocycles. The topological polar surface area (TPSA) is 55.5 Å². The summed E-state index contributed by atoms with van der Waals surface area (Å²) in [5.74, 6) is -0.491. The van der Waals surface area contributed by atoms with Gasteiger partial charge in [0.25, 0.3) is 0 Å². The van der Waals surface area contributed by atoms with Crippen molar-refractivity contribution < 1.29 is 9.66 Å². The van der Waals surface area contributed by atoms with Gasteiger partial charge < -0.3 is 5.21 Å². The largest absolute Gasteiger partial charge is 0.594 e. The summed E-state index contributed by atoms with van der Waals surface area (Å²) in [6.07, 6.45) is 2.16. The second-order valence-electron chi connectivity index (χ2n) is 1.06. The van der Waals surface area contributed by atoms with Crippen molar-refractivity contribution in [2.24, 2.45) is 5.11 Å². The molecule has 0 unspecified atom stereocenters. The van der Waals surface area contributed by atoms with Gasteiger partial charge in [-0.15, -0.1) is 0 Å². The molecule has 0 N–H and O–H groups in total. The second kappa shape index (κ2) is 1.14. The van der Waals surface area contributed by atoms with Gasteiger partial charge in [0, 0.05) is 0 Å². The molecule has 1 aliphatic rings. The molecule has 1 amide bonds. The lowest BCUT2D eigenvalue weighted by atomic mass is 10.6. The van der Waals surface area contributed by atoms with Crippen molar-refractivity contribution >= 4 is 5.91 Å². The maximum Gasteiger partial charge on any atom is 0.339 e. The molecule has 1 heterocycles. The number of hydrogen-bond donors (Lipinski definition) is 0.